The Bertz CT molecular complexity index is 887. The largest absolute Gasteiger partial charge is 0.480 e. The summed E-state index contributed by atoms with van der Waals surface area (Å²) in [5.41, 5.74) is 4.71. The lowest BCUT2D eigenvalue weighted by molar-refractivity contribution is -0.143. The number of benzene rings is 1. The number of aryl methyl sites for hydroxylation is 2. The third-order valence-corrected chi connectivity index (χ3v) is 6.37. The third-order valence-electron chi connectivity index (χ3n) is 6.37. The van der Waals surface area contributed by atoms with Gasteiger partial charge in [-0.05, 0) is 68.2 Å². The van der Waals surface area contributed by atoms with Gasteiger partial charge in [-0.3, -0.25) is 9.69 Å². The fourth-order valence-corrected chi connectivity index (χ4v) is 4.76. The minimum Gasteiger partial charge on any atom is -0.480 e. The monoisotopic (exact) mass is 423 g/mol. The Morgan fingerprint density at radius 2 is 2.16 bits per heavy atom. The first-order valence-corrected chi connectivity index (χ1v) is 11.5. The number of nitrogens with zero attached hydrogens (tertiary/aromatic N) is 2. The molecule has 31 heavy (non-hydrogen) atoms. The van der Waals surface area contributed by atoms with Gasteiger partial charge in [0.25, 0.3) is 0 Å². The number of pyridine rings is 1. The molecule has 0 amide bonds. The Labute approximate surface area is 184 Å². The van der Waals surface area contributed by atoms with Crippen molar-refractivity contribution in [2.75, 3.05) is 31.6 Å². The molecular formula is C25H33N3O3. The summed E-state index contributed by atoms with van der Waals surface area (Å²) in [6.07, 6.45) is 6.30. The van der Waals surface area contributed by atoms with Crippen LogP contribution < -0.4 is 5.32 Å². The highest BCUT2D eigenvalue weighted by Gasteiger charge is 2.33. The van der Waals surface area contributed by atoms with Gasteiger partial charge in [0, 0.05) is 31.9 Å². The second-order valence-corrected chi connectivity index (χ2v) is 8.67. The Morgan fingerprint density at radius 1 is 1.32 bits per heavy atom. The first-order valence-electron chi connectivity index (χ1n) is 11.5. The number of nitrogens with one attached hydrogen (secondary N) is 1. The Hall–Kier alpha value is -2.44. The highest BCUT2D eigenvalue weighted by molar-refractivity contribution is 5.75. The second-order valence-electron chi connectivity index (χ2n) is 8.67. The van der Waals surface area contributed by atoms with E-state index in [9.17, 15) is 9.90 Å². The van der Waals surface area contributed by atoms with Crippen molar-refractivity contribution in [3.8, 4) is 0 Å². The summed E-state index contributed by atoms with van der Waals surface area (Å²) in [5.74, 6) is 0.282. The van der Waals surface area contributed by atoms with E-state index in [2.05, 4.69) is 18.3 Å². The maximum absolute atomic E-state index is 11.8. The summed E-state index contributed by atoms with van der Waals surface area (Å²) >= 11 is 0. The minimum atomic E-state index is -0.797. The van der Waals surface area contributed by atoms with Crippen LogP contribution in [0.4, 0.5) is 5.82 Å². The zero-order chi connectivity index (χ0) is 21.6. The van der Waals surface area contributed by atoms with Crippen molar-refractivity contribution in [1.82, 2.24) is 9.88 Å². The fourth-order valence-electron chi connectivity index (χ4n) is 4.76. The number of aliphatic carboxylic acids is 1. The molecule has 4 rings (SSSR count). The average molecular weight is 424 g/mol. The molecule has 2 atom stereocenters. The van der Waals surface area contributed by atoms with Crippen molar-refractivity contribution in [1.29, 1.82) is 0 Å². The number of carbonyl (C=O) groups is 1. The van der Waals surface area contributed by atoms with E-state index in [-0.39, 0.29) is 6.10 Å². The molecule has 6 heteroatoms. The number of carboxylic acid groups (broad SMARTS) is 1. The van der Waals surface area contributed by atoms with Crippen LogP contribution in [-0.4, -0.2) is 53.3 Å². The fraction of sp³-hybridized carbons (Fsp3) is 0.520. The number of unbranched alkanes of at least 4 members (excludes halogenated alkanes) is 1. The number of rotatable bonds is 9. The molecule has 2 aliphatic rings. The SMILES string of the molecule is Cc1cc(CCCCO[C@@H]2CCN(C(C(=O)O)c3ccccc3)C2)nc2c1CCCN2. The van der Waals surface area contributed by atoms with Crippen molar-refractivity contribution >= 4 is 11.8 Å². The molecule has 0 aliphatic carbocycles. The van der Waals surface area contributed by atoms with Crippen LogP contribution in [0.1, 0.15) is 54.1 Å². The van der Waals surface area contributed by atoms with Gasteiger partial charge < -0.3 is 15.2 Å². The van der Waals surface area contributed by atoms with E-state index < -0.39 is 12.0 Å². The molecule has 2 aliphatic heterocycles. The number of anilines is 1. The van der Waals surface area contributed by atoms with Gasteiger partial charge in [0.05, 0.1) is 6.10 Å². The van der Waals surface area contributed by atoms with Crippen LogP contribution in [-0.2, 0) is 22.4 Å². The van der Waals surface area contributed by atoms with E-state index in [1.807, 2.05) is 35.2 Å². The zero-order valence-electron chi connectivity index (χ0n) is 18.3. The third kappa shape index (κ3) is 5.43. The molecule has 3 heterocycles. The number of hydrogen-bond acceptors (Lipinski definition) is 5. The highest BCUT2D eigenvalue weighted by atomic mass is 16.5. The van der Waals surface area contributed by atoms with E-state index in [0.717, 1.165) is 62.3 Å². The smallest absolute Gasteiger partial charge is 0.325 e. The standard InChI is InChI=1S/C25H33N3O3/c1-18-16-20(27-24-22(18)11-7-13-26-24)10-5-6-15-31-21-12-14-28(17-21)23(25(29)30)19-8-3-2-4-9-19/h2-4,8-9,16,21,23H,5-7,10-15,17H2,1H3,(H,26,27)(H,29,30)/t21-,23?/m1/s1. The molecule has 1 aromatic heterocycles. The highest BCUT2D eigenvalue weighted by Crippen LogP contribution is 2.27. The summed E-state index contributed by atoms with van der Waals surface area (Å²) in [6.45, 7) is 5.34. The molecule has 1 saturated heterocycles. The number of fused-ring (bicyclic) bond motifs is 1. The van der Waals surface area contributed by atoms with Crippen LogP contribution in [0.2, 0.25) is 0 Å². The number of carboxylic acids is 1. The molecule has 1 aromatic carbocycles. The predicted octanol–water partition coefficient (Wildman–Crippen LogP) is 3.99. The first kappa shape index (κ1) is 21.8. The molecule has 0 bridgehead atoms. The summed E-state index contributed by atoms with van der Waals surface area (Å²) < 4.78 is 6.08. The summed E-state index contributed by atoms with van der Waals surface area (Å²) in [4.78, 5) is 18.7. The molecule has 2 N–H and O–H groups in total. The van der Waals surface area contributed by atoms with E-state index >= 15 is 0 Å². The van der Waals surface area contributed by atoms with Crippen LogP contribution >= 0.6 is 0 Å². The molecule has 0 spiro atoms. The Balaban J connectivity index is 1.21. The van der Waals surface area contributed by atoms with E-state index in [1.165, 1.54) is 17.5 Å². The van der Waals surface area contributed by atoms with Crippen molar-refractivity contribution in [2.24, 2.45) is 0 Å². The Kier molecular flexibility index (Phi) is 7.20. The van der Waals surface area contributed by atoms with Crippen LogP contribution in [0, 0.1) is 6.92 Å². The van der Waals surface area contributed by atoms with Crippen molar-refractivity contribution in [3.05, 3.63) is 58.8 Å². The quantitative estimate of drug-likeness (QED) is 0.594. The van der Waals surface area contributed by atoms with Gasteiger partial charge >= 0.3 is 5.97 Å². The molecule has 0 radical (unpaired) electrons. The summed E-state index contributed by atoms with van der Waals surface area (Å²) in [6, 6.07) is 11.1. The number of ether oxygens (including phenoxy) is 1. The van der Waals surface area contributed by atoms with Gasteiger partial charge in [0.15, 0.2) is 0 Å². The topological polar surface area (TPSA) is 74.7 Å². The molecule has 166 valence electrons. The van der Waals surface area contributed by atoms with Crippen molar-refractivity contribution in [3.63, 3.8) is 0 Å². The van der Waals surface area contributed by atoms with Crippen molar-refractivity contribution in [2.45, 2.75) is 57.6 Å². The molecule has 2 aromatic rings. The maximum atomic E-state index is 11.8. The van der Waals surface area contributed by atoms with Gasteiger partial charge in [-0.15, -0.1) is 0 Å². The number of likely N-dealkylation sites (tertiary alicyclic amines) is 1. The molecule has 6 nitrogen and oxygen atoms in total. The van der Waals surface area contributed by atoms with E-state index in [1.54, 1.807) is 0 Å². The first-order chi connectivity index (χ1) is 15.1. The van der Waals surface area contributed by atoms with Crippen LogP contribution in [0.25, 0.3) is 0 Å². The lowest BCUT2D eigenvalue weighted by Gasteiger charge is -2.24. The van der Waals surface area contributed by atoms with Crippen LogP contribution in [0.5, 0.6) is 0 Å². The van der Waals surface area contributed by atoms with Crippen LogP contribution in [0.15, 0.2) is 36.4 Å². The molecular weight excluding hydrogens is 390 g/mol. The van der Waals surface area contributed by atoms with Gasteiger partial charge in [0.2, 0.25) is 0 Å². The maximum Gasteiger partial charge on any atom is 0.325 e. The van der Waals surface area contributed by atoms with E-state index in [4.69, 9.17) is 9.72 Å². The van der Waals surface area contributed by atoms with Gasteiger partial charge in [-0.25, -0.2) is 4.98 Å². The minimum absolute atomic E-state index is 0.110. The lowest BCUT2D eigenvalue weighted by atomic mass is 10.0. The number of aromatic nitrogens is 1. The van der Waals surface area contributed by atoms with E-state index in [0.29, 0.717) is 13.2 Å². The molecule has 0 saturated carbocycles. The molecule has 1 unspecified atom stereocenters. The molecule has 1 fully saturated rings. The Morgan fingerprint density at radius 3 is 2.97 bits per heavy atom. The second kappa shape index (κ2) is 10.2. The predicted molar refractivity (Wildman–Crippen MR) is 121 cm³/mol. The van der Waals surface area contributed by atoms with Gasteiger partial charge in [-0.2, -0.15) is 0 Å². The van der Waals surface area contributed by atoms with Crippen LogP contribution in [0.3, 0.4) is 0 Å². The van der Waals surface area contributed by atoms with Gasteiger partial charge in [-0.1, -0.05) is 30.3 Å². The number of hydrogen-bond donors (Lipinski definition) is 2. The van der Waals surface area contributed by atoms with Crippen molar-refractivity contribution < 1.29 is 14.6 Å². The normalized spacial score (nSPS) is 19.6. The zero-order valence-corrected chi connectivity index (χ0v) is 18.3. The van der Waals surface area contributed by atoms with Gasteiger partial charge in [0.1, 0.15) is 11.9 Å². The lowest BCUT2D eigenvalue weighted by Crippen LogP contribution is -2.33. The average Bonchev–Trinajstić information content (AvgIpc) is 3.22. The summed E-state index contributed by atoms with van der Waals surface area (Å²) in [7, 11) is 0. The summed E-state index contributed by atoms with van der Waals surface area (Å²) in [5, 5.41) is 13.2.